The number of sulfonamides is 1. The maximum Gasteiger partial charge on any atom is 0.262 e. The first-order chi connectivity index (χ1) is 14.8. The summed E-state index contributed by atoms with van der Waals surface area (Å²) in [6.45, 7) is 2.06. The van der Waals surface area contributed by atoms with Crippen LogP contribution in [0, 0.1) is 12.8 Å². The van der Waals surface area contributed by atoms with E-state index in [-0.39, 0.29) is 40.6 Å². The number of rotatable bonds is 4. The van der Waals surface area contributed by atoms with Crippen LogP contribution in [-0.4, -0.2) is 44.2 Å². The molecule has 164 valence electrons. The Bertz CT molecular complexity index is 1150. The molecule has 1 atom stereocenters. The summed E-state index contributed by atoms with van der Waals surface area (Å²) in [4.78, 5) is 24.2. The fourth-order valence-corrected chi connectivity index (χ4v) is 5.78. The number of ether oxygens (including phenoxy) is 1. The summed E-state index contributed by atoms with van der Waals surface area (Å²) >= 11 is 6.24. The molecule has 2 heterocycles. The van der Waals surface area contributed by atoms with Gasteiger partial charge in [-0.3, -0.25) is 9.59 Å². The van der Waals surface area contributed by atoms with Gasteiger partial charge in [0.15, 0.2) is 6.61 Å². The Kier molecular flexibility index (Phi) is 5.92. The highest BCUT2D eigenvalue weighted by Gasteiger charge is 2.35. The lowest BCUT2D eigenvalue weighted by molar-refractivity contribution is -0.121. The maximum absolute atomic E-state index is 13.3. The molecule has 0 saturated carbocycles. The lowest BCUT2D eigenvalue weighted by Crippen LogP contribution is -2.43. The van der Waals surface area contributed by atoms with Crippen molar-refractivity contribution in [1.29, 1.82) is 0 Å². The summed E-state index contributed by atoms with van der Waals surface area (Å²) in [5.41, 5.74) is 1.97. The third kappa shape index (κ3) is 4.39. The van der Waals surface area contributed by atoms with Crippen LogP contribution < -0.4 is 15.4 Å². The third-order valence-corrected chi connectivity index (χ3v) is 7.77. The van der Waals surface area contributed by atoms with Crippen molar-refractivity contribution >= 4 is 44.8 Å². The standard InChI is InChI=1S/C21H22ClN3O5S/c1-13-5-2-3-7-16(13)24-21(27)14-6-4-8-25(11-14)31(28,29)19-10-18-17(9-15(19)22)23-20(26)12-30-18/h2-3,5,7,9-10,14H,4,6,8,11-12H2,1H3,(H,23,26)(H,24,27)/t14-/m0/s1. The van der Waals surface area contributed by atoms with Gasteiger partial charge >= 0.3 is 0 Å². The molecule has 0 radical (unpaired) electrons. The van der Waals surface area contributed by atoms with Crippen molar-refractivity contribution in [2.75, 3.05) is 30.3 Å². The molecule has 0 bridgehead atoms. The highest BCUT2D eigenvalue weighted by Crippen LogP contribution is 2.37. The molecule has 4 rings (SSSR count). The first-order valence-electron chi connectivity index (χ1n) is 9.88. The predicted octanol–water partition coefficient (Wildman–Crippen LogP) is 3.02. The van der Waals surface area contributed by atoms with E-state index in [0.717, 1.165) is 5.56 Å². The number of nitrogens with zero attached hydrogens (tertiary/aromatic N) is 1. The second-order valence-electron chi connectivity index (χ2n) is 7.62. The molecule has 2 aliphatic heterocycles. The Balaban J connectivity index is 1.54. The fraction of sp³-hybridized carbons (Fsp3) is 0.333. The van der Waals surface area contributed by atoms with E-state index in [1.165, 1.54) is 16.4 Å². The van der Waals surface area contributed by atoms with Gasteiger partial charge in [-0.1, -0.05) is 29.8 Å². The second-order valence-corrected chi connectivity index (χ2v) is 9.94. The van der Waals surface area contributed by atoms with Crippen LogP contribution in [-0.2, 0) is 19.6 Å². The van der Waals surface area contributed by atoms with E-state index in [9.17, 15) is 18.0 Å². The molecule has 2 amide bonds. The normalized spacial score (nSPS) is 19.2. The highest BCUT2D eigenvalue weighted by atomic mass is 35.5. The number of carbonyl (C=O) groups is 2. The Hall–Kier alpha value is -2.62. The summed E-state index contributed by atoms with van der Waals surface area (Å²) in [6.07, 6.45) is 1.15. The van der Waals surface area contributed by atoms with Gasteiger partial charge in [-0.2, -0.15) is 4.31 Å². The van der Waals surface area contributed by atoms with E-state index < -0.39 is 15.9 Å². The molecule has 8 nitrogen and oxygen atoms in total. The van der Waals surface area contributed by atoms with Crippen molar-refractivity contribution in [2.24, 2.45) is 5.92 Å². The third-order valence-electron chi connectivity index (χ3n) is 5.44. The van der Waals surface area contributed by atoms with Gasteiger partial charge in [0.1, 0.15) is 10.6 Å². The fourth-order valence-electron chi connectivity index (χ4n) is 3.74. The topological polar surface area (TPSA) is 105 Å². The van der Waals surface area contributed by atoms with Crippen LogP contribution in [0.4, 0.5) is 11.4 Å². The van der Waals surface area contributed by atoms with Gasteiger partial charge in [-0.05, 0) is 37.5 Å². The lowest BCUT2D eigenvalue weighted by Gasteiger charge is -2.32. The summed E-state index contributed by atoms with van der Waals surface area (Å²) in [5.74, 6) is -0.780. The molecule has 10 heteroatoms. The number of aryl methyl sites for hydroxylation is 1. The molecule has 2 N–H and O–H groups in total. The minimum atomic E-state index is -3.96. The Labute approximate surface area is 185 Å². The summed E-state index contributed by atoms with van der Waals surface area (Å²) in [6, 6.07) is 10.1. The van der Waals surface area contributed by atoms with Gasteiger partial charge in [-0.25, -0.2) is 8.42 Å². The number of carbonyl (C=O) groups excluding carboxylic acids is 2. The van der Waals surface area contributed by atoms with Crippen molar-refractivity contribution in [3.05, 3.63) is 47.0 Å². The van der Waals surface area contributed by atoms with E-state index >= 15 is 0 Å². The van der Waals surface area contributed by atoms with Crippen molar-refractivity contribution < 1.29 is 22.7 Å². The van der Waals surface area contributed by atoms with Gasteiger partial charge in [-0.15, -0.1) is 0 Å². The predicted molar refractivity (Wildman–Crippen MR) is 117 cm³/mol. The number of fused-ring (bicyclic) bond motifs is 1. The molecule has 0 unspecified atom stereocenters. The quantitative estimate of drug-likeness (QED) is 0.725. The number of hydrogen-bond donors (Lipinski definition) is 2. The largest absolute Gasteiger partial charge is 0.482 e. The molecule has 1 fully saturated rings. The van der Waals surface area contributed by atoms with Crippen LogP contribution in [0.2, 0.25) is 5.02 Å². The number of amides is 2. The number of benzene rings is 2. The van der Waals surface area contributed by atoms with Crippen LogP contribution in [0.5, 0.6) is 5.75 Å². The number of halogens is 1. The number of hydrogen-bond acceptors (Lipinski definition) is 5. The molecule has 31 heavy (non-hydrogen) atoms. The molecular formula is C21H22ClN3O5S. The van der Waals surface area contributed by atoms with Gasteiger partial charge < -0.3 is 15.4 Å². The first kappa shape index (κ1) is 21.6. The molecular weight excluding hydrogens is 442 g/mol. The average molecular weight is 464 g/mol. The van der Waals surface area contributed by atoms with Crippen LogP contribution in [0.3, 0.4) is 0 Å². The maximum atomic E-state index is 13.3. The molecule has 0 spiro atoms. The zero-order chi connectivity index (χ0) is 22.2. The molecule has 2 aromatic rings. The zero-order valence-electron chi connectivity index (χ0n) is 16.9. The number of anilines is 2. The molecule has 2 aliphatic rings. The van der Waals surface area contributed by atoms with Gasteiger partial charge in [0.05, 0.1) is 16.6 Å². The van der Waals surface area contributed by atoms with E-state index in [2.05, 4.69) is 10.6 Å². The minimum absolute atomic E-state index is 0.0176. The second kappa shape index (κ2) is 8.49. The SMILES string of the molecule is Cc1ccccc1NC(=O)[C@H]1CCCN(S(=O)(=O)c2cc3c(cc2Cl)NC(=O)CO3)C1. The Morgan fingerprint density at radius 1 is 1.29 bits per heavy atom. The monoisotopic (exact) mass is 463 g/mol. The summed E-state index contributed by atoms with van der Waals surface area (Å²) < 4.78 is 33.2. The number of piperidine rings is 1. The average Bonchev–Trinajstić information content (AvgIpc) is 2.74. The number of nitrogens with one attached hydrogen (secondary N) is 2. The highest BCUT2D eigenvalue weighted by molar-refractivity contribution is 7.89. The van der Waals surface area contributed by atoms with Crippen LogP contribution in [0.25, 0.3) is 0 Å². The molecule has 0 aliphatic carbocycles. The molecule has 0 aromatic heterocycles. The van der Waals surface area contributed by atoms with Crippen LogP contribution in [0.1, 0.15) is 18.4 Å². The van der Waals surface area contributed by atoms with E-state index in [4.69, 9.17) is 16.3 Å². The summed E-state index contributed by atoms with van der Waals surface area (Å²) in [5, 5.41) is 5.48. The van der Waals surface area contributed by atoms with E-state index in [0.29, 0.717) is 30.8 Å². The van der Waals surface area contributed by atoms with Crippen molar-refractivity contribution in [1.82, 2.24) is 4.31 Å². The molecule has 1 saturated heterocycles. The van der Waals surface area contributed by atoms with Crippen LogP contribution >= 0.6 is 11.6 Å². The summed E-state index contributed by atoms with van der Waals surface area (Å²) in [7, 11) is -3.96. The van der Waals surface area contributed by atoms with Crippen molar-refractivity contribution in [3.63, 3.8) is 0 Å². The Morgan fingerprint density at radius 3 is 2.84 bits per heavy atom. The smallest absolute Gasteiger partial charge is 0.262 e. The van der Waals surface area contributed by atoms with Gasteiger partial charge in [0, 0.05) is 24.8 Å². The van der Waals surface area contributed by atoms with E-state index in [1.54, 1.807) is 0 Å². The van der Waals surface area contributed by atoms with Crippen LogP contribution in [0.15, 0.2) is 41.3 Å². The van der Waals surface area contributed by atoms with Gasteiger partial charge in [0.25, 0.3) is 5.91 Å². The zero-order valence-corrected chi connectivity index (χ0v) is 18.4. The number of para-hydroxylation sites is 1. The lowest BCUT2D eigenvalue weighted by atomic mass is 9.98. The van der Waals surface area contributed by atoms with E-state index in [1.807, 2.05) is 31.2 Å². The van der Waals surface area contributed by atoms with Crippen molar-refractivity contribution in [2.45, 2.75) is 24.7 Å². The molecule has 2 aromatic carbocycles. The van der Waals surface area contributed by atoms with Gasteiger partial charge in [0.2, 0.25) is 15.9 Å². The Morgan fingerprint density at radius 2 is 2.06 bits per heavy atom. The first-order valence-corrected chi connectivity index (χ1v) is 11.7. The minimum Gasteiger partial charge on any atom is -0.482 e. The van der Waals surface area contributed by atoms with Crippen molar-refractivity contribution in [3.8, 4) is 5.75 Å².